The van der Waals surface area contributed by atoms with Crippen molar-refractivity contribution in [3.63, 3.8) is 0 Å². The summed E-state index contributed by atoms with van der Waals surface area (Å²) < 4.78 is 5.76. The molecule has 3 aromatic rings. The quantitative estimate of drug-likeness (QED) is 0.520. The Bertz CT molecular complexity index is 1060. The van der Waals surface area contributed by atoms with Gasteiger partial charge < -0.3 is 15.0 Å². The van der Waals surface area contributed by atoms with Gasteiger partial charge in [0.25, 0.3) is 5.91 Å². The van der Waals surface area contributed by atoms with E-state index in [-0.39, 0.29) is 12.5 Å². The molecule has 1 aliphatic heterocycles. The van der Waals surface area contributed by atoms with Gasteiger partial charge in [0.2, 0.25) is 0 Å². The lowest BCUT2D eigenvalue weighted by molar-refractivity contribution is -0.118. The number of carbonyl (C=O) groups excluding carboxylic acids is 1. The first-order valence-electron chi connectivity index (χ1n) is 11.7. The molecule has 0 bridgehead atoms. The molecule has 6 nitrogen and oxygen atoms in total. The maximum Gasteiger partial charge on any atom is 0.262 e. The zero-order valence-electron chi connectivity index (χ0n) is 19.6. The molecule has 6 heteroatoms. The molecule has 0 unspecified atom stereocenters. The smallest absolute Gasteiger partial charge is 0.262 e. The van der Waals surface area contributed by atoms with Crippen molar-refractivity contribution in [3.05, 3.63) is 66.2 Å². The second kappa shape index (κ2) is 10.5. The van der Waals surface area contributed by atoms with Crippen molar-refractivity contribution >= 4 is 17.4 Å². The van der Waals surface area contributed by atoms with Gasteiger partial charge in [0.15, 0.2) is 12.4 Å². The number of benzene rings is 2. The lowest BCUT2D eigenvalue weighted by Crippen LogP contribution is -2.33. The van der Waals surface area contributed by atoms with E-state index in [2.05, 4.69) is 41.2 Å². The first kappa shape index (κ1) is 22.8. The summed E-state index contributed by atoms with van der Waals surface area (Å²) in [6.07, 6.45) is 2.40. The van der Waals surface area contributed by atoms with E-state index in [1.807, 2.05) is 60.7 Å². The van der Waals surface area contributed by atoms with Crippen LogP contribution in [0.4, 0.5) is 11.5 Å². The monoisotopic (exact) mass is 444 g/mol. The minimum Gasteiger partial charge on any atom is -0.483 e. The Morgan fingerprint density at radius 3 is 2.42 bits per heavy atom. The average molecular weight is 445 g/mol. The molecule has 0 radical (unpaired) electrons. The van der Waals surface area contributed by atoms with Crippen LogP contribution >= 0.6 is 0 Å². The van der Waals surface area contributed by atoms with Crippen molar-refractivity contribution in [2.75, 3.05) is 29.9 Å². The number of para-hydroxylation sites is 1. The van der Waals surface area contributed by atoms with Gasteiger partial charge in [0.05, 0.1) is 5.69 Å². The van der Waals surface area contributed by atoms with E-state index in [4.69, 9.17) is 4.74 Å². The number of aromatic nitrogens is 2. The number of anilines is 2. The summed E-state index contributed by atoms with van der Waals surface area (Å²) in [4.78, 5) is 14.7. The van der Waals surface area contributed by atoms with Crippen LogP contribution in [0.5, 0.6) is 5.75 Å². The third kappa shape index (κ3) is 5.89. The summed E-state index contributed by atoms with van der Waals surface area (Å²) in [5.74, 6) is 2.61. The predicted octanol–water partition coefficient (Wildman–Crippen LogP) is 5.52. The largest absolute Gasteiger partial charge is 0.483 e. The Morgan fingerprint density at radius 2 is 1.76 bits per heavy atom. The van der Waals surface area contributed by atoms with E-state index in [1.165, 1.54) is 12.8 Å². The summed E-state index contributed by atoms with van der Waals surface area (Å²) in [5.41, 5.74) is 3.59. The van der Waals surface area contributed by atoms with Crippen molar-refractivity contribution in [2.45, 2.75) is 39.5 Å². The van der Waals surface area contributed by atoms with Crippen LogP contribution in [-0.4, -0.2) is 35.8 Å². The SMILES string of the molecule is CC1CCN(c2ccc(-c3ccc(NC(=O)COc4ccccc4C(C)C)cc3)nn2)CC1. The molecule has 33 heavy (non-hydrogen) atoms. The van der Waals surface area contributed by atoms with Gasteiger partial charge in [-0.2, -0.15) is 0 Å². The highest BCUT2D eigenvalue weighted by Crippen LogP contribution is 2.26. The highest BCUT2D eigenvalue weighted by molar-refractivity contribution is 5.92. The van der Waals surface area contributed by atoms with Crippen molar-refractivity contribution in [2.24, 2.45) is 5.92 Å². The molecular weight excluding hydrogens is 412 g/mol. The van der Waals surface area contributed by atoms with Gasteiger partial charge in [0, 0.05) is 24.3 Å². The number of carbonyl (C=O) groups is 1. The van der Waals surface area contributed by atoms with E-state index >= 15 is 0 Å². The lowest BCUT2D eigenvalue weighted by atomic mass is 9.99. The molecule has 2 heterocycles. The minimum atomic E-state index is -0.193. The van der Waals surface area contributed by atoms with Gasteiger partial charge >= 0.3 is 0 Å². The molecule has 1 saturated heterocycles. The molecule has 0 aliphatic carbocycles. The summed E-state index contributed by atoms with van der Waals surface area (Å²) in [6, 6.07) is 19.5. The van der Waals surface area contributed by atoms with Crippen LogP contribution in [0.2, 0.25) is 0 Å². The number of hydrogen-bond acceptors (Lipinski definition) is 5. The van der Waals surface area contributed by atoms with Crippen LogP contribution in [0.15, 0.2) is 60.7 Å². The fraction of sp³-hybridized carbons (Fsp3) is 0.370. The Balaban J connectivity index is 1.32. The molecule has 1 N–H and O–H groups in total. The molecule has 0 spiro atoms. The third-order valence-electron chi connectivity index (χ3n) is 6.12. The van der Waals surface area contributed by atoms with E-state index < -0.39 is 0 Å². The van der Waals surface area contributed by atoms with E-state index in [1.54, 1.807) is 0 Å². The van der Waals surface area contributed by atoms with Gasteiger partial charge in [-0.1, -0.05) is 51.1 Å². The number of ether oxygens (including phenoxy) is 1. The van der Waals surface area contributed by atoms with Crippen LogP contribution < -0.4 is 15.0 Å². The number of nitrogens with zero attached hydrogens (tertiary/aromatic N) is 3. The second-order valence-electron chi connectivity index (χ2n) is 9.05. The van der Waals surface area contributed by atoms with E-state index in [0.29, 0.717) is 5.92 Å². The number of amides is 1. The summed E-state index contributed by atoms with van der Waals surface area (Å²) in [5, 5.41) is 11.7. The topological polar surface area (TPSA) is 67.4 Å². The minimum absolute atomic E-state index is 0.0340. The normalized spacial score (nSPS) is 14.4. The lowest BCUT2D eigenvalue weighted by Gasteiger charge is -2.30. The van der Waals surface area contributed by atoms with Crippen molar-refractivity contribution in [1.82, 2.24) is 10.2 Å². The molecule has 4 rings (SSSR count). The van der Waals surface area contributed by atoms with Gasteiger partial charge in [0.1, 0.15) is 5.75 Å². The zero-order chi connectivity index (χ0) is 23.2. The maximum absolute atomic E-state index is 12.4. The summed E-state index contributed by atoms with van der Waals surface area (Å²) in [7, 11) is 0. The van der Waals surface area contributed by atoms with Crippen LogP contribution in [0.1, 0.15) is 45.1 Å². The number of rotatable bonds is 7. The Kier molecular flexibility index (Phi) is 7.23. The zero-order valence-corrected chi connectivity index (χ0v) is 19.6. The Morgan fingerprint density at radius 1 is 1.03 bits per heavy atom. The van der Waals surface area contributed by atoms with Crippen LogP contribution in [0, 0.1) is 5.92 Å². The van der Waals surface area contributed by atoms with Crippen LogP contribution in [0.3, 0.4) is 0 Å². The second-order valence-corrected chi connectivity index (χ2v) is 9.05. The molecule has 1 fully saturated rings. The van der Waals surface area contributed by atoms with Gasteiger partial charge in [-0.15, -0.1) is 10.2 Å². The standard InChI is InChI=1S/C27H32N4O2/c1-19(2)23-6-4-5-7-25(23)33-18-27(32)28-22-10-8-21(9-11-22)24-12-13-26(30-29-24)31-16-14-20(3)15-17-31/h4-13,19-20H,14-18H2,1-3H3,(H,28,32). The number of nitrogens with one attached hydrogen (secondary N) is 1. The van der Waals surface area contributed by atoms with Crippen LogP contribution in [0.25, 0.3) is 11.3 Å². The van der Waals surface area contributed by atoms with Gasteiger partial charge in [-0.25, -0.2) is 0 Å². The first-order chi connectivity index (χ1) is 16.0. The number of hydrogen-bond donors (Lipinski definition) is 1. The van der Waals surface area contributed by atoms with E-state index in [0.717, 1.165) is 53.1 Å². The summed E-state index contributed by atoms with van der Waals surface area (Å²) in [6.45, 7) is 8.56. The molecular formula is C27H32N4O2. The number of piperidine rings is 1. The van der Waals surface area contributed by atoms with E-state index in [9.17, 15) is 4.79 Å². The molecule has 172 valence electrons. The molecule has 1 aromatic heterocycles. The molecule has 0 atom stereocenters. The Hall–Kier alpha value is -3.41. The fourth-order valence-corrected chi connectivity index (χ4v) is 4.04. The summed E-state index contributed by atoms with van der Waals surface area (Å²) >= 11 is 0. The average Bonchev–Trinajstić information content (AvgIpc) is 2.84. The fourth-order valence-electron chi connectivity index (χ4n) is 4.04. The molecule has 2 aromatic carbocycles. The Labute approximate surface area is 196 Å². The van der Waals surface area contributed by atoms with Crippen molar-refractivity contribution in [1.29, 1.82) is 0 Å². The molecule has 1 aliphatic rings. The van der Waals surface area contributed by atoms with Crippen molar-refractivity contribution < 1.29 is 9.53 Å². The van der Waals surface area contributed by atoms with Gasteiger partial charge in [-0.05, 0) is 60.6 Å². The van der Waals surface area contributed by atoms with Crippen molar-refractivity contribution in [3.8, 4) is 17.0 Å². The highest BCUT2D eigenvalue weighted by atomic mass is 16.5. The first-order valence-corrected chi connectivity index (χ1v) is 11.7. The molecule has 1 amide bonds. The molecule has 0 saturated carbocycles. The highest BCUT2D eigenvalue weighted by Gasteiger charge is 2.17. The third-order valence-corrected chi connectivity index (χ3v) is 6.12. The maximum atomic E-state index is 12.4. The van der Waals surface area contributed by atoms with Gasteiger partial charge in [-0.3, -0.25) is 4.79 Å². The van der Waals surface area contributed by atoms with Crippen LogP contribution in [-0.2, 0) is 4.79 Å². The predicted molar refractivity (Wildman–Crippen MR) is 133 cm³/mol.